The zero-order valence-electron chi connectivity index (χ0n) is 16.4. The van der Waals surface area contributed by atoms with Gasteiger partial charge in [-0.15, -0.1) is 0 Å². The van der Waals surface area contributed by atoms with Gasteiger partial charge in [0.15, 0.2) is 0 Å². The molecule has 0 bridgehead atoms. The van der Waals surface area contributed by atoms with Crippen molar-refractivity contribution in [3.05, 3.63) is 35.4 Å². The zero-order chi connectivity index (χ0) is 19.4. The summed E-state index contributed by atoms with van der Waals surface area (Å²) in [7, 11) is -3.21. The van der Waals surface area contributed by atoms with E-state index in [2.05, 4.69) is 25.5 Å². The molecule has 0 atom stereocenters. The van der Waals surface area contributed by atoms with Gasteiger partial charge in [0.05, 0.1) is 5.75 Å². The van der Waals surface area contributed by atoms with E-state index in [0.29, 0.717) is 37.9 Å². The molecular weight excluding hydrogens is 348 g/mol. The summed E-state index contributed by atoms with van der Waals surface area (Å²) < 4.78 is 26.8. The monoisotopic (exact) mass is 380 g/mol. The maximum Gasteiger partial charge on any atom is 0.253 e. The Kier molecular flexibility index (Phi) is 6.86. The highest BCUT2D eigenvalue weighted by Gasteiger charge is 2.26. The van der Waals surface area contributed by atoms with Crippen LogP contribution < -0.4 is 4.72 Å². The highest BCUT2D eigenvalue weighted by atomic mass is 32.2. The summed E-state index contributed by atoms with van der Waals surface area (Å²) in [6.45, 7) is 9.60. The molecule has 2 rings (SSSR count). The summed E-state index contributed by atoms with van der Waals surface area (Å²) in [6.07, 6.45) is 2.87. The van der Waals surface area contributed by atoms with Crippen LogP contribution in [0.3, 0.4) is 0 Å². The van der Waals surface area contributed by atoms with Crippen molar-refractivity contribution in [2.75, 3.05) is 18.8 Å². The van der Waals surface area contributed by atoms with E-state index in [0.717, 1.165) is 6.42 Å². The molecule has 0 aromatic heterocycles. The van der Waals surface area contributed by atoms with E-state index in [1.807, 2.05) is 36.1 Å². The summed E-state index contributed by atoms with van der Waals surface area (Å²) in [6, 6.07) is 7.75. The lowest BCUT2D eigenvalue weighted by molar-refractivity contribution is 0.0711. The molecule has 1 fully saturated rings. The molecule has 0 radical (unpaired) electrons. The van der Waals surface area contributed by atoms with Crippen LogP contribution >= 0.6 is 0 Å². The molecule has 0 aliphatic carbocycles. The standard InChI is InChI=1S/C20H32N2O3S/c1-5-6-15-26(24,25)21-18-11-13-22(14-12-18)19(23)16-7-9-17(10-8-16)20(2,3)4/h7-10,18,21H,5-6,11-15H2,1-4H3. The van der Waals surface area contributed by atoms with Gasteiger partial charge in [-0.25, -0.2) is 13.1 Å². The van der Waals surface area contributed by atoms with Crippen LogP contribution in [0.2, 0.25) is 0 Å². The second-order valence-electron chi connectivity index (χ2n) is 8.18. The fourth-order valence-corrected chi connectivity index (χ4v) is 4.67. The molecular formula is C20H32N2O3S. The lowest BCUT2D eigenvalue weighted by atomic mass is 9.86. The van der Waals surface area contributed by atoms with Crippen molar-refractivity contribution in [2.45, 2.75) is 64.8 Å². The number of hydrogen-bond donors (Lipinski definition) is 1. The molecule has 26 heavy (non-hydrogen) atoms. The number of unbranched alkanes of at least 4 members (excludes halogenated alkanes) is 1. The maximum atomic E-state index is 12.7. The first-order valence-electron chi connectivity index (χ1n) is 9.52. The van der Waals surface area contributed by atoms with Gasteiger partial charge in [0.1, 0.15) is 0 Å². The maximum absolute atomic E-state index is 12.7. The molecule has 1 saturated heterocycles. The first kappa shape index (κ1) is 20.9. The Morgan fingerprint density at radius 3 is 2.23 bits per heavy atom. The van der Waals surface area contributed by atoms with Crippen molar-refractivity contribution in [1.82, 2.24) is 9.62 Å². The number of carbonyl (C=O) groups excluding carboxylic acids is 1. The number of nitrogens with one attached hydrogen (secondary N) is 1. The van der Waals surface area contributed by atoms with Gasteiger partial charge in [-0.1, -0.05) is 46.2 Å². The van der Waals surface area contributed by atoms with Gasteiger partial charge in [0.2, 0.25) is 10.0 Å². The van der Waals surface area contributed by atoms with Gasteiger partial charge in [0.25, 0.3) is 5.91 Å². The Labute approximate surface area is 158 Å². The number of piperidine rings is 1. The zero-order valence-corrected chi connectivity index (χ0v) is 17.2. The van der Waals surface area contributed by atoms with Gasteiger partial charge >= 0.3 is 0 Å². The van der Waals surface area contributed by atoms with Crippen LogP contribution in [0.1, 0.15) is 69.3 Å². The van der Waals surface area contributed by atoms with Crippen molar-refractivity contribution in [1.29, 1.82) is 0 Å². The lowest BCUT2D eigenvalue weighted by Gasteiger charge is -2.32. The molecule has 1 aromatic carbocycles. The first-order chi connectivity index (χ1) is 12.1. The number of nitrogens with zero attached hydrogens (tertiary/aromatic N) is 1. The summed E-state index contributed by atoms with van der Waals surface area (Å²) in [5, 5.41) is 0. The highest BCUT2D eigenvalue weighted by molar-refractivity contribution is 7.89. The number of rotatable bonds is 6. The van der Waals surface area contributed by atoms with Crippen LogP contribution in [0.5, 0.6) is 0 Å². The van der Waals surface area contributed by atoms with E-state index >= 15 is 0 Å². The molecule has 0 saturated carbocycles. The minimum atomic E-state index is -3.21. The van der Waals surface area contributed by atoms with Gasteiger partial charge in [-0.2, -0.15) is 0 Å². The Morgan fingerprint density at radius 2 is 1.73 bits per heavy atom. The molecule has 1 heterocycles. The van der Waals surface area contributed by atoms with Gasteiger partial charge in [-0.05, 0) is 42.4 Å². The van der Waals surface area contributed by atoms with E-state index < -0.39 is 10.0 Å². The fourth-order valence-electron chi connectivity index (χ4n) is 3.14. The van der Waals surface area contributed by atoms with Gasteiger partial charge < -0.3 is 4.90 Å². The Hall–Kier alpha value is -1.40. The van der Waals surface area contributed by atoms with Crippen molar-refractivity contribution in [2.24, 2.45) is 0 Å². The molecule has 6 heteroatoms. The third-order valence-electron chi connectivity index (χ3n) is 4.89. The molecule has 0 spiro atoms. The molecule has 5 nitrogen and oxygen atoms in total. The predicted molar refractivity (Wildman–Crippen MR) is 106 cm³/mol. The normalized spacial score (nSPS) is 16.7. The summed E-state index contributed by atoms with van der Waals surface area (Å²) >= 11 is 0. The van der Waals surface area contributed by atoms with Crippen LogP contribution in [0, 0.1) is 0 Å². The molecule has 1 N–H and O–H groups in total. The molecule has 1 aromatic rings. The average Bonchev–Trinajstić information content (AvgIpc) is 2.59. The summed E-state index contributed by atoms with van der Waals surface area (Å²) in [5.74, 6) is 0.209. The number of amides is 1. The van der Waals surface area contributed by atoms with Crippen LogP contribution in [-0.4, -0.2) is 44.1 Å². The average molecular weight is 381 g/mol. The second kappa shape index (κ2) is 8.53. The SMILES string of the molecule is CCCCS(=O)(=O)NC1CCN(C(=O)c2ccc(C(C)(C)C)cc2)CC1. The number of likely N-dealkylation sites (tertiary alicyclic amines) is 1. The number of carbonyl (C=O) groups is 1. The Balaban J connectivity index is 1.90. The quantitative estimate of drug-likeness (QED) is 0.823. The number of benzene rings is 1. The van der Waals surface area contributed by atoms with Gasteiger partial charge in [-0.3, -0.25) is 4.79 Å². The predicted octanol–water partition coefficient (Wildman–Crippen LogP) is 3.31. The van der Waals surface area contributed by atoms with Crippen LogP contribution in [0.4, 0.5) is 0 Å². The summed E-state index contributed by atoms with van der Waals surface area (Å²) in [4.78, 5) is 14.5. The van der Waals surface area contributed by atoms with E-state index in [-0.39, 0.29) is 23.1 Å². The van der Waals surface area contributed by atoms with Crippen molar-refractivity contribution in [3.63, 3.8) is 0 Å². The first-order valence-corrected chi connectivity index (χ1v) is 11.2. The largest absolute Gasteiger partial charge is 0.339 e. The Morgan fingerprint density at radius 1 is 1.15 bits per heavy atom. The van der Waals surface area contributed by atoms with E-state index in [1.54, 1.807) is 0 Å². The van der Waals surface area contributed by atoms with Crippen molar-refractivity contribution >= 4 is 15.9 Å². The third-order valence-corrected chi connectivity index (χ3v) is 6.41. The topological polar surface area (TPSA) is 66.5 Å². The second-order valence-corrected chi connectivity index (χ2v) is 10.1. The molecule has 146 valence electrons. The minimum Gasteiger partial charge on any atom is -0.339 e. The summed E-state index contributed by atoms with van der Waals surface area (Å²) in [5.41, 5.74) is 1.96. The molecule has 1 aliphatic heterocycles. The minimum absolute atomic E-state index is 0.0257. The molecule has 0 unspecified atom stereocenters. The highest BCUT2D eigenvalue weighted by Crippen LogP contribution is 2.23. The van der Waals surface area contributed by atoms with E-state index in [1.165, 1.54) is 5.56 Å². The fraction of sp³-hybridized carbons (Fsp3) is 0.650. The van der Waals surface area contributed by atoms with Crippen LogP contribution in [0.15, 0.2) is 24.3 Å². The molecule has 1 aliphatic rings. The van der Waals surface area contributed by atoms with Gasteiger partial charge in [0, 0.05) is 24.7 Å². The molecule has 1 amide bonds. The van der Waals surface area contributed by atoms with E-state index in [4.69, 9.17) is 0 Å². The number of sulfonamides is 1. The Bertz CT molecular complexity index is 698. The van der Waals surface area contributed by atoms with E-state index in [9.17, 15) is 13.2 Å². The van der Waals surface area contributed by atoms with Crippen molar-refractivity contribution in [3.8, 4) is 0 Å². The number of hydrogen-bond acceptors (Lipinski definition) is 3. The van der Waals surface area contributed by atoms with Crippen molar-refractivity contribution < 1.29 is 13.2 Å². The van der Waals surface area contributed by atoms with Crippen LogP contribution in [-0.2, 0) is 15.4 Å². The smallest absolute Gasteiger partial charge is 0.253 e. The lowest BCUT2D eigenvalue weighted by Crippen LogP contribution is -2.47. The third kappa shape index (κ3) is 5.81. The van der Waals surface area contributed by atoms with Crippen LogP contribution in [0.25, 0.3) is 0 Å².